The molecule has 5 heteroatoms. The smallest absolute Gasteiger partial charge is 0.335 e. The van der Waals surface area contributed by atoms with Gasteiger partial charge in [0.2, 0.25) is 0 Å². The second-order valence-electron chi connectivity index (χ2n) is 2.46. The number of carboxylic acid groups (broad SMARTS) is 1. The van der Waals surface area contributed by atoms with E-state index in [0.29, 0.717) is 0 Å². The second kappa shape index (κ2) is 3.99. The van der Waals surface area contributed by atoms with E-state index in [0.717, 1.165) is 0 Å². The van der Waals surface area contributed by atoms with Gasteiger partial charge in [0.15, 0.2) is 0 Å². The molecular weight excluding hydrogens is 206 g/mol. The topological polar surface area (TPSA) is 70.3 Å². The SMILES string of the molecule is COc1cc(C(=O)O)cc(C#N)c1Cl. The minimum atomic E-state index is -1.13. The van der Waals surface area contributed by atoms with Gasteiger partial charge in [-0.05, 0) is 12.1 Å². The summed E-state index contributed by atoms with van der Waals surface area (Å²) in [6, 6.07) is 4.26. The normalized spacial score (nSPS) is 9.21. The van der Waals surface area contributed by atoms with Gasteiger partial charge in [0, 0.05) is 0 Å². The summed E-state index contributed by atoms with van der Waals surface area (Å²) in [6.45, 7) is 0. The molecule has 0 fully saturated rings. The van der Waals surface area contributed by atoms with Crippen LogP contribution in [-0.4, -0.2) is 18.2 Å². The third kappa shape index (κ3) is 1.78. The summed E-state index contributed by atoms with van der Waals surface area (Å²) in [7, 11) is 1.36. The van der Waals surface area contributed by atoms with E-state index < -0.39 is 5.97 Å². The van der Waals surface area contributed by atoms with E-state index in [4.69, 9.17) is 26.7 Å². The van der Waals surface area contributed by atoms with E-state index in [1.54, 1.807) is 6.07 Å². The molecule has 0 aliphatic carbocycles. The molecule has 0 spiro atoms. The summed E-state index contributed by atoms with van der Waals surface area (Å²) in [6.07, 6.45) is 0. The first-order valence-electron chi connectivity index (χ1n) is 3.61. The van der Waals surface area contributed by atoms with Crippen molar-refractivity contribution in [3.05, 3.63) is 28.3 Å². The Labute approximate surface area is 85.3 Å². The summed E-state index contributed by atoms with van der Waals surface area (Å²) >= 11 is 5.75. The van der Waals surface area contributed by atoms with Gasteiger partial charge >= 0.3 is 5.97 Å². The minimum Gasteiger partial charge on any atom is -0.495 e. The molecule has 72 valence electrons. The highest BCUT2D eigenvalue weighted by Crippen LogP contribution is 2.29. The number of carbonyl (C=O) groups is 1. The predicted octanol–water partition coefficient (Wildman–Crippen LogP) is 1.92. The van der Waals surface area contributed by atoms with Crippen molar-refractivity contribution in [1.29, 1.82) is 5.26 Å². The van der Waals surface area contributed by atoms with Gasteiger partial charge in [0.25, 0.3) is 0 Å². The van der Waals surface area contributed by atoms with Crippen LogP contribution in [0.2, 0.25) is 5.02 Å². The van der Waals surface area contributed by atoms with Crippen LogP contribution in [0.1, 0.15) is 15.9 Å². The van der Waals surface area contributed by atoms with Crippen LogP contribution in [0, 0.1) is 11.3 Å². The van der Waals surface area contributed by atoms with Crippen molar-refractivity contribution in [3.8, 4) is 11.8 Å². The number of nitrogens with zero attached hydrogens (tertiary/aromatic N) is 1. The Morgan fingerprint density at radius 2 is 2.29 bits per heavy atom. The van der Waals surface area contributed by atoms with Crippen molar-refractivity contribution in [2.75, 3.05) is 7.11 Å². The lowest BCUT2D eigenvalue weighted by Gasteiger charge is -2.05. The monoisotopic (exact) mass is 211 g/mol. The minimum absolute atomic E-state index is 0.0252. The van der Waals surface area contributed by atoms with Gasteiger partial charge < -0.3 is 9.84 Å². The van der Waals surface area contributed by atoms with Crippen LogP contribution in [-0.2, 0) is 0 Å². The zero-order valence-corrected chi connectivity index (χ0v) is 8.00. The Hall–Kier alpha value is -1.73. The largest absolute Gasteiger partial charge is 0.495 e. The van der Waals surface area contributed by atoms with Crippen molar-refractivity contribution >= 4 is 17.6 Å². The van der Waals surface area contributed by atoms with E-state index >= 15 is 0 Å². The fourth-order valence-electron chi connectivity index (χ4n) is 0.951. The zero-order chi connectivity index (χ0) is 10.7. The predicted molar refractivity (Wildman–Crippen MR) is 49.7 cm³/mol. The molecule has 0 aliphatic heterocycles. The lowest BCUT2D eigenvalue weighted by molar-refractivity contribution is 0.0696. The number of ether oxygens (including phenoxy) is 1. The van der Waals surface area contributed by atoms with Gasteiger partial charge in [-0.15, -0.1) is 0 Å². The molecule has 0 unspecified atom stereocenters. The Morgan fingerprint density at radius 3 is 2.71 bits per heavy atom. The number of methoxy groups -OCH3 is 1. The average Bonchev–Trinajstić information content (AvgIpc) is 2.17. The fraction of sp³-hybridized carbons (Fsp3) is 0.111. The maximum Gasteiger partial charge on any atom is 0.335 e. The fourth-order valence-corrected chi connectivity index (χ4v) is 1.18. The van der Waals surface area contributed by atoms with Gasteiger partial charge in [-0.25, -0.2) is 4.79 Å². The zero-order valence-electron chi connectivity index (χ0n) is 7.24. The van der Waals surface area contributed by atoms with Crippen LogP contribution in [0.4, 0.5) is 0 Å². The molecule has 0 saturated heterocycles. The van der Waals surface area contributed by atoms with Crippen LogP contribution < -0.4 is 4.74 Å². The number of benzene rings is 1. The number of aromatic carboxylic acids is 1. The number of halogens is 1. The van der Waals surface area contributed by atoms with E-state index in [1.165, 1.54) is 19.2 Å². The Bertz CT molecular complexity index is 423. The van der Waals surface area contributed by atoms with Crippen molar-refractivity contribution in [3.63, 3.8) is 0 Å². The Balaban J connectivity index is 3.41. The lowest BCUT2D eigenvalue weighted by atomic mass is 10.1. The van der Waals surface area contributed by atoms with Crippen molar-refractivity contribution in [1.82, 2.24) is 0 Å². The standard InChI is InChI=1S/C9H6ClNO3/c1-14-7-3-5(9(12)13)2-6(4-11)8(7)10/h2-3H,1H3,(H,12,13). The first-order chi connectivity index (χ1) is 6.60. The molecule has 0 saturated carbocycles. The number of nitriles is 1. The summed E-state index contributed by atoms with van der Waals surface area (Å²) < 4.78 is 4.83. The summed E-state index contributed by atoms with van der Waals surface area (Å²) in [5.74, 6) is -0.945. The van der Waals surface area contributed by atoms with E-state index in [9.17, 15) is 4.79 Å². The lowest BCUT2D eigenvalue weighted by Crippen LogP contribution is -1.99. The van der Waals surface area contributed by atoms with Crippen molar-refractivity contribution in [2.24, 2.45) is 0 Å². The molecule has 1 N–H and O–H groups in total. The van der Waals surface area contributed by atoms with Crippen LogP contribution in [0.5, 0.6) is 5.75 Å². The summed E-state index contributed by atoms with van der Waals surface area (Å²) in [4.78, 5) is 10.6. The van der Waals surface area contributed by atoms with Gasteiger partial charge in [-0.1, -0.05) is 11.6 Å². The third-order valence-electron chi connectivity index (χ3n) is 1.63. The molecule has 1 aromatic carbocycles. The average molecular weight is 212 g/mol. The Kier molecular flexibility index (Phi) is 2.95. The molecule has 0 heterocycles. The molecule has 14 heavy (non-hydrogen) atoms. The number of hydrogen-bond acceptors (Lipinski definition) is 3. The van der Waals surface area contributed by atoms with Gasteiger partial charge in [-0.3, -0.25) is 0 Å². The molecule has 1 rings (SSSR count). The molecule has 0 aliphatic rings. The molecule has 0 atom stereocenters. The van der Waals surface area contributed by atoms with Gasteiger partial charge in [0.1, 0.15) is 16.8 Å². The van der Waals surface area contributed by atoms with Gasteiger partial charge in [-0.2, -0.15) is 5.26 Å². The molecule has 1 aromatic rings. The number of hydrogen-bond donors (Lipinski definition) is 1. The maximum absolute atomic E-state index is 10.6. The summed E-state index contributed by atoms with van der Waals surface area (Å²) in [5, 5.41) is 17.5. The molecule has 0 bridgehead atoms. The third-order valence-corrected chi connectivity index (χ3v) is 2.02. The second-order valence-corrected chi connectivity index (χ2v) is 2.83. The van der Waals surface area contributed by atoms with Crippen molar-refractivity contribution < 1.29 is 14.6 Å². The summed E-state index contributed by atoms with van der Waals surface area (Å²) in [5.41, 5.74) is 0.0613. The van der Waals surface area contributed by atoms with Crippen molar-refractivity contribution in [2.45, 2.75) is 0 Å². The van der Waals surface area contributed by atoms with Crippen LogP contribution in [0.25, 0.3) is 0 Å². The number of rotatable bonds is 2. The molecule has 0 aromatic heterocycles. The highest BCUT2D eigenvalue weighted by atomic mass is 35.5. The van der Waals surface area contributed by atoms with Crippen LogP contribution >= 0.6 is 11.6 Å². The first kappa shape index (κ1) is 10.4. The van der Waals surface area contributed by atoms with E-state index in [1.807, 2.05) is 0 Å². The molecular formula is C9H6ClNO3. The highest BCUT2D eigenvalue weighted by molar-refractivity contribution is 6.33. The van der Waals surface area contributed by atoms with E-state index in [-0.39, 0.29) is 21.9 Å². The van der Waals surface area contributed by atoms with Crippen LogP contribution in [0.3, 0.4) is 0 Å². The Morgan fingerprint density at radius 1 is 1.64 bits per heavy atom. The quantitative estimate of drug-likeness (QED) is 0.811. The first-order valence-corrected chi connectivity index (χ1v) is 3.99. The van der Waals surface area contributed by atoms with Crippen LogP contribution in [0.15, 0.2) is 12.1 Å². The molecule has 4 nitrogen and oxygen atoms in total. The van der Waals surface area contributed by atoms with Gasteiger partial charge in [0.05, 0.1) is 18.2 Å². The maximum atomic E-state index is 10.6. The highest BCUT2D eigenvalue weighted by Gasteiger charge is 2.12. The number of carboxylic acids is 1. The van der Waals surface area contributed by atoms with E-state index in [2.05, 4.69) is 0 Å². The molecule has 0 amide bonds. The molecule has 0 radical (unpaired) electrons.